The first-order chi connectivity index (χ1) is 6.72. The van der Waals surface area contributed by atoms with E-state index in [2.05, 4.69) is 6.92 Å². The van der Waals surface area contributed by atoms with Crippen molar-refractivity contribution in [3.63, 3.8) is 0 Å². The number of hydrogen-bond donors (Lipinski definition) is 1. The molecule has 2 aliphatic heterocycles. The van der Waals surface area contributed by atoms with Crippen LogP contribution in [0.25, 0.3) is 0 Å². The molecule has 0 aromatic carbocycles. The molecule has 0 saturated carbocycles. The number of rotatable bonds is 2. The van der Waals surface area contributed by atoms with E-state index in [1.54, 1.807) is 6.26 Å². The van der Waals surface area contributed by atoms with Crippen LogP contribution < -0.4 is 0 Å². The van der Waals surface area contributed by atoms with Crippen LogP contribution in [0, 0.1) is 0 Å². The molecule has 1 N–H and O–H groups in total. The van der Waals surface area contributed by atoms with Gasteiger partial charge in [0.25, 0.3) is 0 Å². The van der Waals surface area contributed by atoms with Gasteiger partial charge >= 0.3 is 0 Å². The molecule has 1 saturated heterocycles. The van der Waals surface area contributed by atoms with Gasteiger partial charge in [0.05, 0.1) is 19.0 Å². The molecule has 0 spiro atoms. The van der Waals surface area contributed by atoms with Gasteiger partial charge in [-0.2, -0.15) is 11.8 Å². The average molecular weight is 214 g/mol. The molecule has 2 rings (SSSR count). The maximum Gasteiger partial charge on any atom is 0.0926 e. The standard InChI is InChI=1S/C11H18O2S/c1-11(5-3-7-14-11)10(12)9-4-2-6-13-8-9/h8,10,12H,2-7H2,1H3. The SMILES string of the molecule is CC1(C(O)C2=COCCC2)CCCS1. The Morgan fingerprint density at radius 1 is 1.57 bits per heavy atom. The van der Waals surface area contributed by atoms with Crippen LogP contribution in [0.4, 0.5) is 0 Å². The largest absolute Gasteiger partial charge is 0.501 e. The van der Waals surface area contributed by atoms with Crippen molar-refractivity contribution in [1.82, 2.24) is 0 Å². The van der Waals surface area contributed by atoms with E-state index >= 15 is 0 Å². The fourth-order valence-electron chi connectivity index (χ4n) is 2.19. The highest BCUT2D eigenvalue weighted by molar-refractivity contribution is 8.00. The van der Waals surface area contributed by atoms with Gasteiger partial charge in [0.1, 0.15) is 0 Å². The lowest BCUT2D eigenvalue weighted by atomic mass is 9.90. The molecule has 3 heteroatoms. The molecule has 14 heavy (non-hydrogen) atoms. The third-order valence-corrected chi connectivity index (χ3v) is 4.72. The monoisotopic (exact) mass is 214 g/mol. The maximum absolute atomic E-state index is 10.3. The molecule has 2 unspecified atom stereocenters. The van der Waals surface area contributed by atoms with Crippen molar-refractivity contribution >= 4 is 11.8 Å². The third-order valence-electron chi connectivity index (χ3n) is 3.14. The Bertz CT molecular complexity index is 231. The van der Waals surface area contributed by atoms with Gasteiger partial charge in [-0.3, -0.25) is 0 Å². The molecule has 0 aromatic rings. The molecule has 2 aliphatic rings. The molecule has 2 atom stereocenters. The predicted octanol–water partition coefficient (Wildman–Crippen LogP) is 2.33. The van der Waals surface area contributed by atoms with Crippen LogP contribution in [-0.4, -0.2) is 28.3 Å². The van der Waals surface area contributed by atoms with Crippen LogP contribution in [0.2, 0.25) is 0 Å². The Kier molecular flexibility index (Phi) is 3.07. The highest BCUT2D eigenvalue weighted by atomic mass is 32.2. The van der Waals surface area contributed by atoms with Crippen LogP contribution in [0.15, 0.2) is 11.8 Å². The Hall–Kier alpha value is -0.150. The topological polar surface area (TPSA) is 29.5 Å². The molecular formula is C11H18O2S. The molecular weight excluding hydrogens is 196 g/mol. The fourth-order valence-corrected chi connectivity index (χ4v) is 3.55. The van der Waals surface area contributed by atoms with Crippen molar-refractivity contribution < 1.29 is 9.84 Å². The minimum Gasteiger partial charge on any atom is -0.501 e. The van der Waals surface area contributed by atoms with Gasteiger partial charge in [0, 0.05) is 4.75 Å². The third kappa shape index (κ3) is 1.94. The Morgan fingerprint density at radius 3 is 3.00 bits per heavy atom. The smallest absolute Gasteiger partial charge is 0.0926 e. The zero-order valence-corrected chi connectivity index (χ0v) is 9.48. The summed E-state index contributed by atoms with van der Waals surface area (Å²) in [6.45, 7) is 2.98. The molecule has 0 aromatic heterocycles. The number of thioether (sulfide) groups is 1. The summed E-state index contributed by atoms with van der Waals surface area (Å²) < 4.78 is 5.31. The van der Waals surface area contributed by atoms with Crippen LogP contribution in [0.5, 0.6) is 0 Å². The number of hydrogen-bond acceptors (Lipinski definition) is 3. The second-order valence-corrected chi connectivity index (χ2v) is 5.96. The van der Waals surface area contributed by atoms with Crippen molar-refractivity contribution in [2.24, 2.45) is 0 Å². The second kappa shape index (κ2) is 4.15. The van der Waals surface area contributed by atoms with Crippen molar-refractivity contribution in [2.45, 2.75) is 43.5 Å². The highest BCUT2D eigenvalue weighted by Crippen LogP contribution is 2.43. The van der Waals surface area contributed by atoms with E-state index in [1.165, 1.54) is 12.2 Å². The van der Waals surface area contributed by atoms with Gasteiger partial charge in [0.15, 0.2) is 0 Å². The average Bonchev–Trinajstić information content (AvgIpc) is 2.67. The molecule has 0 aliphatic carbocycles. The first-order valence-corrected chi connectivity index (χ1v) is 6.33. The van der Waals surface area contributed by atoms with Gasteiger partial charge in [-0.25, -0.2) is 0 Å². The second-order valence-electron chi connectivity index (χ2n) is 4.33. The molecule has 0 radical (unpaired) electrons. The van der Waals surface area contributed by atoms with Crippen LogP contribution in [0.1, 0.15) is 32.6 Å². The number of aliphatic hydroxyl groups excluding tert-OH is 1. The van der Waals surface area contributed by atoms with E-state index in [1.807, 2.05) is 11.8 Å². The van der Waals surface area contributed by atoms with E-state index in [9.17, 15) is 5.11 Å². The van der Waals surface area contributed by atoms with E-state index in [-0.39, 0.29) is 10.9 Å². The highest BCUT2D eigenvalue weighted by Gasteiger charge is 2.39. The van der Waals surface area contributed by atoms with Crippen molar-refractivity contribution in [1.29, 1.82) is 0 Å². The summed E-state index contributed by atoms with van der Waals surface area (Å²) >= 11 is 1.90. The lowest BCUT2D eigenvalue weighted by molar-refractivity contribution is 0.140. The summed E-state index contributed by atoms with van der Waals surface area (Å²) in [7, 11) is 0. The fraction of sp³-hybridized carbons (Fsp3) is 0.818. The summed E-state index contributed by atoms with van der Waals surface area (Å²) in [5.41, 5.74) is 1.09. The first-order valence-electron chi connectivity index (χ1n) is 5.35. The zero-order chi connectivity index (χ0) is 10.0. The van der Waals surface area contributed by atoms with Gasteiger partial charge in [-0.15, -0.1) is 0 Å². The lowest BCUT2D eigenvalue weighted by Crippen LogP contribution is -2.36. The van der Waals surface area contributed by atoms with E-state index in [0.717, 1.165) is 31.4 Å². The van der Waals surface area contributed by atoms with Gasteiger partial charge in [0.2, 0.25) is 0 Å². The lowest BCUT2D eigenvalue weighted by Gasteiger charge is -2.32. The minimum absolute atomic E-state index is 0.0343. The molecule has 0 amide bonds. The predicted molar refractivity (Wildman–Crippen MR) is 59.4 cm³/mol. The quantitative estimate of drug-likeness (QED) is 0.765. The van der Waals surface area contributed by atoms with Crippen LogP contribution >= 0.6 is 11.8 Å². The summed E-state index contributed by atoms with van der Waals surface area (Å²) in [4.78, 5) is 0. The molecule has 80 valence electrons. The Labute approximate surface area is 89.7 Å². The molecule has 0 bridgehead atoms. The van der Waals surface area contributed by atoms with Gasteiger partial charge < -0.3 is 9.84 Å². The normalized spacial score (nSPS) is 34.9. The summed E-state index contributed by atoms with van der Waals surface area (Å²) in [6, 6.07) is 0. The maximum atomic E-state index is 10.3. The molecule has 2 heterocycles. The Morgan fingerprint density at radius 2 is 2.43 bits per heavy atom. The van der Waals surface area contributed by atoms with Gasteiger partial charge in [-0.1, -0.05) is 0 Å². The minimum atomic E-state index is -0.310. The van der Waals surface area contributed by atoms with E-state index < -0.39 is 0 Å². The molecule has 2 nitrogen and oxygen atoms in total. The van der Waals surface area contributed by atoms with Crippen LogP contribution in [0.3, 0.4) is 0 Å². The van der Waals surface area contributed by atoms with Crippen molar-refractivity contribution in [3.8, 4) is 0 Å². The van der Waals surface area contributed by atoms with E-state index in [4.69, 9.17) is 4.74 Å². The first kappa shape index (κ1) is 10.4. The molecule has 1 fully saturated rings. The van der Waals surface area contributed by atoms with E-state index in [0.29, 0.717) is 0 Å². The summed E-state index contributed by atoms with van der Waals surface area (Å²) in [5, 5.41) is 10.3. The van der Waals surface area contributed by atoms with Crippen molar-refractivity contribution in [3.05, 3.63) is 11.8 Å². The number of ether oxygens (including phenoxy) is 1. The van der Waals surface area contributed by atoms with Gasteiger partial charge in [-0.05, 0) is 43.9 Å². The summed E-state index contributed by atoms with van der Waals surface area (Å²) in [5.74, 6) is 1.18. The van der Waals surface area contributed by atoms with Crippen LogP contribution in [-0.2, 0) is 4.74 Å². The van der Waals surface area contributed by atoms with Crippen molar-refractivity contribution in [2.75, 3.05) is 12.4 Å². The Balaban J connectivity index is 2.05. The zero-order valence-electron chi connectivity index (χ0n) is 8.66. The number of aliphatic hydroxyl groups is 1. The summed E-state index contributed by atoms with van der Waals surface area (Å²) in [6.07, 6.45) is 5.86.